The van der Waals surface area contributed by atoms with Crippen molar-refractivity contribution < 1.29 is 9.32 Å². The van der Waals surface area contributed by atoms with Crippen LogP contribution in [0.5, 0.6) is 0 Å². The summed E-state index contributed by atoms with van der Waals surface area (Å²) in [6.07, 6.45) is 2.06. The van der Waals surface area contributed by atoms with E-state index in [1.807, 2.05) is 36.1 Å². The summed E-state index contributed by atoms with van der Waals surface area (Å²) in [6, 6.07) is 7.88. The Morgan fingerprint density at radius 1 is 1.18 bits per heavy atom. The number of aryl methyl sites for hydroxylation is 3. The molecule has 0 radical (unpaired) electrons. The van der Waals surface area contributed by atoms with Crippen molar-refractivity contribution in [3.05, 3.63) is 51.3 Å². The van der Waals surface area contributed by atoms with Gasteiger partial charge in [0, 0.05) is 29.4 Å². The molecule has 28 heavy (non-hydrogen) atoms. The zero-order chi connectivity index (χ0) is 19.7. The van der Waals surface area contributed by atoms with Crippen LogP contribution in [0.3, 0.4) is 0 Å². The molecule has 3 heterocycles. The largest absolute Gasteiger partial charge is 0.342 e. The van der Waals surface area contributed by atoms with Gasteiger partial charge in [-0.15, -0.1) is 11.3 Å². The first-order chi connectivity index (χ1) is 13.5. The summed E-state index contributed by atoms with van der Waals surface area (Å²) < 4.78 is 5.32. The zero-order valence-electron chi connectivity index (χ0n) is 16.4. The van der Waals surface area contributed by atoms with Crippen LogP contribution in [-0.2, 0) is 11.2 Å². The highest BCUT2D eigenvalue weighted by atomic mass is 32.1. The lowest BCUT2D eigenvalue weighted by Crippen LogP contribution is -2.38. The second-order valence-corrected chi connectivity index (χ2v) is 8.59. The summed E-state index contributed by atoms with van der Waals surface area (Å²) >= 11 is 1.79. The molecule has 0 N–H and O–H groups in total. The SMILES string of the molecule is Cc1ccccc1-c1noc(CC(=O)N2CCC(c3nc(C)c(C)s3)CC2)n1. The second kappa shape index (κ2) is 7.83. The lowest BCUT2D eigenvalue weighted by atomic mass is 9.97. The monoisotopic (exact) mass is 396 g/mol. The van der Waals surface area contributed by atoms with Gasteiger partial charge in [-0.1, -0.05) is 29.4 Å². The normalized spacial score (nSPS) is 15.2. The van der Waals surface area contributed by atoms with Crippen LogP contribution < -0.4 is 0 Å². The van der Waals surface area contributed by atoms with Gasteiger partial charge in [0.25, 0.3) is 0 Å². The van der Waals surface area contributed by atoms with Gasteiger partial charge in [-0.3, -0.25) is 4.79 Å². The van der Waals surface area contributed by atoms with Crippen LogP contribution in [0.1, 0.15) is 45.8 Å². The van der Waals surface area contributed by atoms with Crippen molar-refractivity contribution in [3.63, 3.8) is 0 Å². The first-order valence-corrected chi connectivity index (χ1v) is 10.4. The summed E-state index contributed by atoms with van der Waals surface area (Å²) in [6.45, 7) is 7.68. The summed E-state index contributed by atoms with van der Waals surface area (Å²) in [5.74, 6) is 1.41. The average molecular weight is 397 g/mol. The van der Waals surface area contributed by atoms with Crippen LogP contribution in [0.4, 0.5) is 0 Å². The number of rotatable bonds is 4. The van der Waals surface area contributed by atoms with Crippen LogP contribution in [0.25, 0.3) is 11.4 Å². The molecule has 0 spiro atoms. The van der Waals surface area contributed by atoms with E-state index in [0.29, 0.717) is 17.6 Å². The molecule has 4 rings (SSSR count). The van der Waals surface area contributed by atoms with Gasteiger partial charge >= 0.3 is 0 Å². The number of thiazole rings is 1. The van der Waals surface area contributed by atoms with E-state index in [-0.39, 0.29) is 12.3 Å². The number of likely N-dealkylation sites (tertiary alicyclic amines) is 1. The number of carbonyl (C=O) groups is 1. The van der Waals surface area contributed by atoms with Crippen LogP contribution in [0, 0.1) is 20.8 Å². The van der Waals surface area contributed by atoms with Crippen LogP contribution >= 0.6 is 11.3 Å². The molecule has 1 aromatic carbocycles. The second-order valence-electron chi connectivity index (χ2n) is 7.35. The predicted molar refractivity (Wildman–Crippen MR) is 108 cm³/mol. The third kappa shape index (κ3) is 3.85. The highest BCUT2D eigenvalue weighted by molar-refractivity contribution is 7.11. The molecule has 1 fully saturated rings. The molecule has 0 saturated carbocycles. The Hall–Kier alpha value is -2.54. The molecule has 1 aliphatic rings. The van der Waals surface area contributed by atoms with Crippen molar-refractivity contribution in [2.24, 2.45) is 0 Å². The fourth-order valence-electron chi connectivity index (χ4n) is 3.55. The molecule has 1 saturated heterocycles. The number of nitrogens with zero attached hydrogens (tertiary/aromatic N) is 4. The molecular formula is C21H24N4O2S. The fourth-order valence-corrected chi connectivity index (χ4v) is 4.64. The fraction of sp³-hybridized carbons (Fsp3) is 0.429. The standard InChI is InChI=1S/C21H24N4O2S/c1-13-6-4-5-7-17(13)20-23-18(27-24-20)12-19(26)25-10-8-16(9-11-25)21-22-14(2)15(3)28-21/h4-7,16H,8-12H2,1-3H3. The highest BCUT2D eigenvalue weighted by Crippen LogP contribution is 2.32. The Labute approximate surface area is 168 Å². The maximum atomic E-state index is 12.7. The topological polar surface area (TPSA) is 72.1 Å². The number of hydrogen-bond acceptors (Lipinski definition) is 6. The van der Waals surface area contributed by atoms with E-state index >= 15 is 0 Å². The van der Waals surface area contributed by atoms with E-state index in [2.05, 4.69) is 24.0 Å². The molecule has 7 heteroatoms. The minimum atomic E-state index is 0.0462. The summed E-state index contributed by atoms with van der Waals surface area (Å²) in [4.78, 5) is 25.0. The lowest BCUT2D eigenvalue weighted by Gasteiger charge is -2.30. The molecule has 0 atom stereocenters. The van der Waals surface area contributed by atoms with Gasteiger partial charge in [-0.25, -0.2) is 4.98 Å². The quantitative estimate of drug-likeness (QED) is 0.665. The van der Waals surface area contributed by atoms with Crippen molar-refractivity contribution in [1.82, 2.24) is 20.0 Å². The first-order valence-electron chi connectivity index (χ1n) is 9.61. The van der Waals surface area contributed by atoms with E-state index in [1.54, 1.807) is 11.3 Å². The number of benzene rings is 1. The van der Waals surface area contributed by atoms with Crippen molar-refractivity contribution in [1.29, 1.82) is 0 Å². The summed E-state index contributed by atoms with van der Waals surface area (Å²) in [5.41, 5.74) is 3.13. The minimum Gasteiger partial charge on any atom is -0.342 e. The van der Waals surface area contributed by atoms with Crippen LogP contribution in [0.2, 0.25) is 0 Å². The third-order valence-electron chi connectivity index (χ3n) is 5.40. The maximum absolute atomic E-state index is 12.7. The molecule has 146 valence electrons. The molecule has 1 aliphatic heterocycles. The van der Waals surface area contributed by atoms with E-state index < -0.39 is 0 Å². The molecular weight excluding hydrogens is 372 g/mol. The van der Waals surface area contributed by atoms with Gasteiger partial charge in [0.2, 0.25) is 17.6 Å². The van der Waals surface area contributed by atoms with Gasteiger partial charge in [-0.05, 0) is 39.2 Å². The van der Waals surface area contributed by atoms with Gasteiger partial charge < -0.3 is 9.42 Å². The lowest BCUT2D eigenvalue weighted by molar-refractivity contribution is -0.131. The summed E-state index contributed by atoms with van der Waals surface area (Å²) in [7, 11) is 0. The van der Waals surface area contributed by atoms with Gasteiger partial charge in [-0.2, -0.15) is 4.98 Å². The Balaban J connectivity index is 1.36. The Bertz CT molecular complexity index is 966. The zero-order valence-corrected chi connectivity index (χ0v) is 17.3. The number of carbonyl (C=O) groups excluding carboxylic acids is 1. The molecule has 3 aromatic rings. The molecule has 0 bridgehead atoms. The van der Waals surface area contributed by atoms with Crippen molar-refractivity contribution >= 4 is 17.2 Å². The Morgan fingerprint density at radius 2 is 1.93 bits per heavy atom. The highest BCUT2D eigenvalue weighted by Gasteiger charge is 2.27. The molecule has 0 unspecified atom stereocenters. The number of aromatic nitrogens is 3. The maximum Gasteiger partial charge on any atom is 0.236 e. The van der Waals surface area contributed by atoms with Gasteiger partial charge in [0.1, 0.15) is 6.42 Å². The molecule has 1 amide bonds. The average Bonchev–Trinajstić information content (AvgIpc) is 3.29. The number of piperidine rings is 1. The van der Waals surface area contributed by atoms with Crippen molar-refractivity contribution in [2.45, 2.75) is 46.0 Å². The third-order valence-corrected chi connectivity index (χ3v) is 6.63. The minimum absolute atomic E-state index is 0.0462. The Kier molecular flexibility index (Phi) is 5.26. The summed E-state index contributed by atoms with van der Waals surface area (Å²) in [5, 5.41) is 5.25. The smallest absolute Gasteiger partial charge is 0.236 e. The van der Waals surface area contributed by atoms with E-state index in [0.717, 1.165) is 42.8 Å². The number of amides is 1. The van der Waals surface area contributed by atoms with Crippen molar-refractivity contribution in [2.75, 3.05) is 13.1 Å². The molecule has 6 nitrogen and oxygen atoms in total. The molecule has 2 aromatic heterocycles. The first kappa shape index (κ1) is 18.8. The number of hydrogen-bond donors (Lipinski definition) is 0. The van der Waals surface area contributed by atoms with E-state index in [4.69, 9.17) is 9.51 Å². The van der Waals surface area contributed by atoms with Crippen molar-refractivity contribution in [3.8, 4) is 11.4 Å². The van der Waals surface area contributed by atoms with Crippen LogP contribution in [-0.4, -0.2) is 39.0 Å². The van der Waals surface area contributed by atoms with E-state index in [1.165, 1.54) is 9.88 Å². The van der Waals surface area contributed by atoms with Gasteiger partial charge in [0.05, 0.1) is 10.7 Å². The molecule has 0 aliphatic carbocycles. The van der Waals surface area contributed by atoms with Crippen LogP contribution in [0.15, 0.2) is 28.8 Å². The predicted octanol–water partition coefficient (Wildman–Crippen LogP) is 4.07. The van der Waals surface area contributed by atoms with E-state index in [9.17, 15) is 4.79 Å². The Morgan fingerprint density at radius 3 is 2.61 bits per heavy atom. The van der Waals surface area contributed by atoms with Gasteiger partial charge in [0.15, 0.2) is 0 Å².